The summed E-state index contributed by atoms with van der Waals surface area (Å²) in [5.74, 6) is 1.15. The average Bonchev–Trinajstić information content (AvgIpc) is 3.11. The zero-order chi connectivity index (χ0) is 20.7. The number of phenolic OH excluding ortho intramolecular Hbond substituents is 1. The van der Waals surface area contributed by atoms with E-state index in [4.69, 9.17) is 4.74 Å². The highest BCUT2D eigenvalue weighted by Gasteiger charge is 2.23. The third-order valence-corrected chi connectivity index (χ3v) is 8.52. The first-order valence-corrected chi connectivity index (χ1v) is 12.1. The van der Waals surface area contributed by atoms with Crippen LogP contribution in [0.15, 0.2) is 91.0 Å². The molecule has 0 saturated carbocycles. The van der Waals surface area contributed by atoms with E-state index in [9.17, 15) is 5.11 Å². The van der Waals surface area contributed by atoms with Gasteiger partial charge in [-0.3, -0.25) is 0 Å². The zero-order valence-corrected chi connectivity index (χ0v) is 19.4. The van der Waals surface area contributed by atoms with Crippen LogP contribution in [-0.4, -0.2) is 5.11 Å². The van der Waals surface area contributed by atoms with Crippen LogP contribution in [0.1, 0.15) is 18.6 Å². The van der Waals surface area contributed by atoms with Crippen LogP contribution in [0.2, 0.25) is 0 Å². The fraction of sp³-hybridized carbons (Fsp3) is 0.0769. The topological polar surface area (TPSA) is 29.5 Å². The monoisotopic (exact) mass is 523 g/mol. The third kappa shape index (κ3) is 3.44. The summed E-state index contributed by atoms with van der Waals surface area (Å²) in [7, 11) is -0.0876. The second kappa shape index (κ2) is 7.93. The molecule has 1 N–H and O–H groups in total. The molecule has 0 aliphatic carbocycles. The quantitative estimate of drug-likeness (QED) is 0.190. The molecule has 148 valence electrons. The van der Waals surface area contributed by atoms with Crippen molar-refractivity contribution in [3.8, 4) is 16.4 Å². The van der Waals surface area contributed by atoms with Gasteiger partial charge in [-0.05, 0) is 83.6 Å². The molecule has 0 aliphatic rings. The molecule has 1 aromatic heterocycles. The first-order valence-electron chi connectivity index (χ1n) is 9.79. The molecular formula is C26H20IO2S+. The predicted molar refractivity (Wildman–Crippen MR) is 135 cm³/mol. The first kappa shape index (κ1) is 19.4. The highest BCUT2D eigenvalue weighted by Crippen LogP contribution is 2.48. The van der Waals surface area contributed by atoms with Gasteiger partial charge in [-0.25, -0.2) is 0 Å². The Morgan fingerprint density at radius 3 is 2.00 bits per heavy atom. The number of phenols is 1. The van der Waals surface area contributed by atoms with Gasteiger partial charge in [0.2, 0.25) is 0 Å². The maximum atomic E-state index is 9.74. The smallest absolute Gasteiger partial charge is 0.187 e. The molecule has 0 saturated heterocycles. The molecule has 2 nitrogen and oxygen atoms in total. The van der Waals surface area contributed by atoms with E-state index in [1.807, 2.05) is 19.1 Å². The van der Waals surface area contributed by atoms with Crippen molar-refractivity contribution in [1.82, 2.24) is 0 Å². The number of halogens is 1. The van der Waals surface area contributed by atoms with E-state index in [1.165, 1.54) is 25.1 Å². The summed E-state index contributed by atoms with van der Waals surface area (Å²) in [6.07, 6.45) is -0.0969. The zero-order valence-electron chi connectivity index (χ0n) is 16.4. The number of fused-ring (bicyclic) bond motifs is 3. The van der Waals surface area contributed by atoms with Crippen LogP contribution >= 0.6 is 33.1 Å². The van der Waals surface area contributed by atoms with Crippen molar-refractivity contribution in [2.75, 3.05) is 0 Å². The highest BCUT2D eigenvalue weighted by atomic mass is 127. The third-order valence-electron chi connectivity index (χ3n) is 5.32. The fourth-order valence-corrected chi connectivity index (χ4v) is 6.73. The molecule has 4 heteroatoms. The number of hydrogen-bond acceptors (Lipinski definition) is 2. The van der Waals surface area contributed by atoms with E-state index in [1.54, 1.807) is 6.07 Å². The minimum Gasteiger partial charge on any atom is -0.507 e. The van der Waals surface area contributed by atoms with Gasteiger partial charge in [0.25, 0.3) is 0 Å². The molecule has 1 heterocycles. The summed E-state index contributed by atoms with van der Waals surface area (Å²) < 4.78 is 9.78. The van der Waals surface area contributed by atoms with Gasteiger partial charge >= 0.3 is 0 Å². The average molecular weight is 523 g/mol. The van der Waals surface area contributed by atoms with Crippen LogP contribution in [-0.2, 0) is 0 Å². The van der Waals surface area contributed by atoms with Crippen LogP contribution in [0, 0.1) is 3.57 Å². The number of aromatic hydroxyl groups is 1. The van der Waals surface area contributed by atoms with E-state index in [-0.39, 0.29) is 16.6 Å². The second-order valence-corrected chi connectivity index (χ2v) is 10.4. The Morgan fingerprint density at radius 2 is 1.40 bits per heavy atom. The number of ether oxygens (including phenoxy) is 1. The van der Waals surface area contributed by atoms with Crippen molar-refractivity contribution in [1.29, 1.82) is 0 Å². The lowest BCUT2D eigenvalue weighted by molar-refractivity contribution is 0.227. The first-order chi connectivity index (χ1) is 14.6. The number of rotatable bonds is 4. The van der Waals surface area contributed by atoms with Gasteiger partial charge in [0.1, 0.15) is 17.6 Å². The summed E-state index contributed by atoms with van der Waals surface area (Å²) in [6, 6.07) is 31.5. The molecular weight excluding hydrogens is 503 g/mol. The molecule has 0 spiro atoms. The summed E-state index contributed by atoms with van der Waals surface area (Å²) in [5, 5.41) is 12.4. The van der Waals surface area contributed by atoms with Gasteiger partial charge in [-0.15, -0.1) is 0 Å². The summed E-state index contributed by atoms with van der Waals surface area (Å²) >= 11 is 2.14. The van der Waals surface area contributed by atoms with E-state index in [0.29, 0.717) is 5.75 Å². The van der Waals surface area contributed by atoms with Crippen molar-refractivity contribution >= 4 is 53.2 Å². The van der Waals surface area contributed by atoms with Crippen molar-refractivity contribution in [2.24, 2.45) is 0 Å². The highest BCUT2D eigenvalue weighted by molar-refractivity contribution is 14.1. The normalized spacial score (nSPS) is 12.3. The lowest BCUT2D eigenvalue weighted by Gasteiger charge is -2.15. The molecule has 30 heavy (non-hydrogen) atoms. The maximum Gasteiger partial charge on any atom is 0.187 e. The Hall–Kier alpha value is -2.57. The van der Waals surface area contributed by atoms with Gasteiger partial charge in [0, 0.05) is 33.4 Å². The summed E-state index contributed by atoms with van der Waals surface area (Å²) in [6.45, 7) is 2.03. The van der Waals surface area contributed by atoms with Crippen LogP contribution < -0.4 is 4.74 Å². The molecule has 1 atom stereocenters. The molecule has 0 bridgehead atoms. The van der Waals surface area contributed by atoms with E-state index in [0.717, 1.165) is 14.9 Å². The van der Waals surface area contributed by atoms with Gasteiger partial charge in [-0.2, -0.15) is 0 Å². The van der Waals surface area contributed by atoms with Crippen LogP contribution in [0.4, 0.5) is 0 Å². The molecule has 1 unspecified atom stereocenters. The Bertz CT molecular complexity index is 1300. The molecule has 4 aromatic carbocycles. The molecule has 5 aromatic rings. The minimum atomic E-state index is -0.0969. The number of thiophene rings is 1. The number of hydrogen-bond donors (Lipinski definition) is 1. The van der Waals surface area contributed by atoms with Crippen LogP contribution in [0.3, 0.4) is 0 Å². The van der Waals surface area contributed by atoms with Crippen LogP contribution in [0.5, 0.6) is 11.5 Å². The fourth-order valence-electron chi connectivity index (χ4n) is 3.81. The van der Waals surface area contributed by atoms with E-state index >= 15 is 0 Å². The largest absolute Gasteiger partial charge is 0.507 e. The summed E-state index contributed by atoms with van der Waals surface area (Å²) in [5.41, 5.74) is 1.04. The van der Waals surface area contributed by atoms with Gasteiger partial charge in [0.15, 0.2) is 14.3 Å². The van der Waals surface area contributed by atoms with E-state index < -0.39 is 0 Å². The molecule has 0 aliphatic heterocycles. The van der Waals surface area contributed by atoms with Gasteiger partial charge in [0.05, 0.1) is 3.57 Å². The SMILES string of the molecule is CC(Oc1ccc(-[s+]2c3ccccc3c3ccccc32)cc1)c1ccc(O)c(I)c1. The second-order valence-electron chi connectivity index (χ2n) is 7.24. The Morgan fingerprint density at radius 1 is 0.800 bits per heavy atom. The number of benzene rings is 4. The maximum absolute atomic E-state index is 9.74. The Labute approximate surface area is 191 Å². The predicted octanol–water partition coefficient (Wildman–Crippen LogP) is 8.18. The molecule has 5 rings (SSSR count). The van der Waals surface area contributed by atoms with Crippen LogP contribution in [0.25, 0.3) is 25.1 Å². The van der Waals surface area contributed by atoms with Crippen molar-refractivity contribution in [3.05, 3.63) is 100 Å². The van der Waals surface area contributed by atoms with Crippen molar-refractivity contribution in [3.63, 3.8) is 0 Å². The Kier molecular flexibility index (Phi) is 5.13. The Balaban J connectivity index is 1.49. The van der Waals surface area contributed by atoms with Gasteiger partial charge < -0.3 is 9.84 Å². The lowest BCUT2D eigenvalue weighted by atomic mass is 10.1. The minimum absolute atomic E-state index is 0.0876. The van der Waals surface area contributed by atoms with E-state index in [2.05, 4.69) is 95.4 Å². The standard InChI is InChI=1S/C26H19IO2S/c1-17(18-10-15-24(28)23(27)16-18)29-19-11-13-20(14-12-19)30-25-8-4-2-6-21(25)22-7-3-5-9-26(22)30/h2-17H,1H3/p+1. The lowest BCUT2D eigenvalue weighted by Crippen LogP contribution is -2.03. The molecule has 0 radical (unpaired) electrons. The summed E-state index contributed by atoms with van der Waals surface area (Å²) in [4.78, 5) is 1.30. The van der Waals surface area contributed by atoms with Crippen molar-refractivity contribution < 1.29 is 9.84 Å². The van der Waals surface area contributed by atoms with Gasteiger partial charge in [-0.1, -0.05) is 30.3 Å². The molecule has 0 amide bonds. The molecule has 0 fully saturated rings. The van der Waals surface area contributed by atoms with Crippen molar-refractivity contribution in [2.45, 2.75) is 13.0 Å².